The fraction of sp³-hybridized carbons (Fsp3) is 0.308. The molecule has 0 heterocycles. The molecule has 0 radical (unpaired) electrons. The zero-order chi connectivity index (χ0) is 11.8. The highest BCUT2D eigenvalue weighted by Crippen LogP contribution is 2.50. The monoisotopic (exact) mass is 215 g/mol. The summed E-state index contributed by atoms with van der Waals surface area (Å²) < 4.78 is 0. The van der Waals surface area contributed by atoms with Gasteiger partial charge < -0.3 is 10.8 Å². The third-order valence-electron chi connectivity index (χ3n) is 3.28. The highest BCUT2D eigenvalue weighted by molar-refractivity contribution is 5.77. The van der Waals surface area contributed by atoms with Gasteiger partial charge in [0.2, 0.25) is 0 Å². The summed E-state index contributed by atoms with van der Waals surface area (Å²) in [4.78, 5) is 10.9. The smallest absolute Gasteiger partial charge is 0.321 e. The number of terminal acetylenes is 1. The first-order valence-corrected chi connectivity index (χ1v) is 5.16. The number of aliphatic carboxylic acids is 1. The summed E-state index contributed by atoms with van der Waals surface area (Å²) >= 11 is 0. The number of carboxylic acid groups (broad SMARTS) is 1. The number of benzene rings is 1. The van der Waals surface area contributed by atoms with E-state index < -0.39 is 12.0 Å². The zero-order valence-corrected chi connectivity index (χ0v) is 8.81. The second kappa shape index (κ2) is 3.66. The Kier molecular flexibility index (Phi) is 2.45. The van der Waals surface area contributed by atoms with Crippen molar-refractivity contribution < 1.29 is 9.90 Å². The minimum absolute atomic E-state index is 0.376. The molecule has 0 amide bonds. The molecule has 1 aromatic rings. The third-order valence-corrected chi connectivity index (χ3v) is 3.28. The van der Waals surface area contributed by atoms with Crippen LogP contribution in [-0.4, -0.2) is 17.1 Å². The second-order valence-corrected chi connectivity index (χ2v) is 4.19. The Hall–Kier alpha value is -1.79. The lowest BCUT2D eigenvalue weighted by molar-refractivity contribution is -0.139. The van der Waals surface area contributed by atoms with Crippen molar-refractivity contribution >= 4 is 5.97 Å². The van der Waals surface area contributed by atoms with E-state index in [1.165, 1.54) is 0 Å². The van der Waals surface area contributed by atoms with E-state index in [1.807, 2.05) is 24.3 Å². The Bertz CT molecular complexity index is 452. The quantitative estimate of drug-likeness (QED) is 0.742. The maximum atomic E-state index is 10.9. The molecule has 3 N–H and O–H groups in total. The van der Waals surface area contributed by atoms with Gasteiger partial charge in [0.05, 0.1) is 0 Å². The topological polar surface area (TPSA) is 63.3 Å². The molecule has 1 aliphatic carbocycles. The summed E-state index contributed by atoms with van der Waals surface area (Å²) in [6.07, 6.45) is 6.92. The molecule has 3 nitrogen and oxygen atoms in total. The number of hydrogen-bond donors (Lipinski definition) is 2. The Morgan fingerprint density at radius 1 is 1.44 bits per heavy atom. The Balaban J connectivity index is 2.30. The summed E-state index contributed by atoms with van der Waals surface area (Å²) in [6, 6.07) is 6.58. The van der Waals surface area contributed by atoms with E-state index in [-0.39, 0.29) is 5.41 Å². The average Bonchev–Trinajstić information content (AvgIpc) is 3.09. The molecule has 0 aliphatic heterocycles. The number of carbonyl (C=O) groups is 1. The molecule has 0 saturated heterocycles. The highest BCUT2D eigenvalue weighted by atomic mass is 16.4. The van der Waals surface area contributed by atoms with E-state index in [0.717, 1.165) is 24.0 Å². The molecular weight excluding hydrogens is 202 g/mol. The Morgan fingerprint density at radius 3 is 2.38 bits per heavy atom. The Labute approximate surface area is 94.3 Å². The van der Waals surface area contributed by atoms with Gasteiger partial charge in [-0.05, 0) is 30.5 Å². The van der Waals surface area contributed by atoms with Crippen LogP contribution in [0.15, 0.2) is 24.3 Å². The van der Waals surface area contributed by atoms with Crippen LogP contribution in [0.5, 0.6) is 0 Å². The predicted octanol–water partition coefficient (Wildman–Crippen LogP) is 1.11. The number of carboxylic acids is 1. The van der Waals surface area contributed by atoms with Crippen LogP contribution >= 0.6 is 0 Å². The molecule has 1 aromatic carbocycles. The van der Waals surface area contributed by atoms with Gasteiger partial charge in [-0.3, -0.25) is 4.79 Å². The van der Waals surface area contributed by atoms with Crippen LogP contribution in [0.4, 0.5) is 0 Å². The van der Waals surface area contributed by atoms with E-state index in [0.29, 0.717) is 0 Å². The van der Waals surface area contributed by atoms with Gasteiger partial charge in [0, 0.05) is 11.0 Å². The molecule has 1 atom stereocenters. The minimum atomic E-state index is -0.946. The van der Waals surface area contributed by atoms with Crippen LogP contribution < -0.4 is 5.73 Å². The lowest BCUT2D eigenvalue weighted by Crippen LogP contribution is -2.41. The standard InChI is InChI=1S/C13H13NO2/c1-2-9-3-5-10(6-4-9)13(7-8-13)11(14)12(15)16/h1,3-6,11H,7-8,14H2,(H,15,16). The van der Waals surface area contributed by atoms with Crippen molar-refractivity contribution in [2.24, 2.45) is 5.73 Å². The molecule has 2 rings (SSSR count). The molecule has 0 bridgehead atoms. The first-order chi connectivity index (χ1) is 7.60. The fourth-order valence-corrected chi connectivity index (χ4v) is 2.05. The number of rotatable bonds is 3. The first-order valence-electron chi connectivity index (χ1n) is 5.16. The molecule has 3 heteroatoms. The van der Waals surface area contributed by atoms with Crippen molar-refractivity contribution in [2.75, 3.05) is 0 Å². The van der Waals surface area contributed by atoms with Gasteiger partial charge in [-0.15, -0.1) is 6.42 Å². The van der Waals surface area contributed by atoms with Crippen LogP contribution in [0.1, 0.15) is 24.0 Å². The van der Waals surface area contributed by atoms with Crippen molar-refractivity contribution in [2.45, 2.75) is 24.3 Å². The largest absolute Gasteiger partial charge is 0.480 e. The molecule has 1 fully saturated rings. The third kappa shape index (κ3) is 1.58. The van der Waals surface area contributed by atoms with Crippen molar-refractivity contribution in [1.29, 1.82) is 0 Å². The molecule has 1 saturated carbocycles. The summed E-state index contributed by atoms with van der Waals surface area (Å²) in [5.41, 5.74) is 7.11. The lowest BCUT2D eigenvalue weighted by atomic mass is 9.88. The molecule has 1 aliphatic rings. The van der Waals surface area contributed by atoms with Crippen molar-refractivity contribution in [1.82, 2.24) is 0 Å². The summed E-state index contributed by atoms with van der Waals surface area (Å²) in [6.45, 7) is 0. The van der Waals surface area contributed by atoms with E-state index in [2.05, 4.69) is 5.92 Å². The summed E-state index contributed by atoms with van der Waals surface area (Å²) in [7, 11) is 0. The van der Waals surface area contributed by atoms with Crippen LogP contribution in [0.25, 0.3) is 0 Å². The van der Waals surface area contributed by atoms with Gasteiger partial charge in [0.15, 0.2) is 0 Å². The maximum absolute atomic E-state index is 10.9. The van der Waals surface area contributed by atoms with E-state index >= 15 is 0 Å². The molecule has 16 heavy (non-hydrogen) atoms. The van der Waals surface area contributed by atoms with Crippen LogP contribution in [0.3, 0.4) is 0 Å². The van der Waals surface area contributed by atoms with Crippen molar-refractivity contribution in [3.63, 3.8) is 0 Å². The average molecular weight is 215 g/mol. The highest BCUT2D eigenvalue weighted by Gasteiger charge is 2.52. The van der Waals surface area contributed by atoms with E-state index in [1.54, 1.807) is 0 Å². The molecular formula is C13H13NO2. The molecule has 82 valence electrons. The molecule has 0 spiro atoms. The fourth-order valence-electron chi connectivity index (χ4n) is 2.05. The normalized spacial score (nSPS) is 18.5. The Morgan fingerprint density at radius 2 is 2.00 bits per heavy atom. The SMILES string of the molecule is C#Cc1ccc(C2(C(N)C(=O)O)CC2)cc1. The van der Waals surface area contributed by atoms with Crippen molar-refractivity contribution in [3.05, 3.63) is 35.4 Å². The van der Waals surface area contributed by atoms with Crippen molar-refractivity contribution in [3.8, 4) is 12.3 Å². The van der Waals surface area contributed by atoms with Crippen LogP contribution in [0.2, 0.25) is 0 Å². The maximum Gasteiger partial charge on any atom is 0.321 e. The van der Waals surface area contributed by atoms with Gasteiger partial charge in [-0.1, -0.05) is 18.1 Å². The number of hydrogen-bond acceptors (Lipinski definition) is 2. The van der Waals surface area contributed by atoms with Gasteiger partial charge in [-0.25, -0.2) is 0 Å². The predicted molar refractivity (Wildman–Crippen MR) is 60.9 cm³/mol. The van der Waals surface area contributed by atoms with Crippen LogP contribution in [0, 0.1) is 12.3 Å². The summed E-state index contributed by atoms with van der Waals surface area (Å²) in [5, 5.41) is 8.96. The molecule has 1 unspecified atom stereocenters. The van der Waals surface area contributed by atoms with Gasteiger partial charge in [0.1, 0.15) is 6.04 Å². The number of nitrogens with two attached hydrogens (primary N) is 1. The lowest BCUT2D eigenvalue weighted by Gasteiger charge is -2.20. The van der Waals surface area contributed by atoms with Gasteiger partial charge in [0.25, 0.3) is 0 Å². The van der Waals surface area contributed by atoms with Gasteiger partial charge >= 0.3 is 5.97 Å². The minimum Gasteiger partial charge on any atom is -0.480 e. The zero-order valence-electron chi connectivity index (χ0n) is 8.81. The molecule has 0 aromatic heterocycles. The van der Waals surface area contributed by atoms with E-state index in [4.69, 9.17) is 17.3 Å². The summed E-state index contributed by atoms with van der Waals surface area (Å²) in [5.74, 6) is 1.58. The van der Waals surface area contributed by atoms with E-state index in [9.17, 15) is 4.79 Å². The first kappa shape index (κ1) is 10.7. The second-order valence-electron chi connectivity index (χ2n) is 4.19. The van der Waals surface area contributed by atoms with Gasteiger partial charge in [-0.2, -0.15) is 0 Å². The van der Waals surface area contributed by atoms with Crippen LogP contribution in [-0.2, 0) is 10.2 Å².